The number of halogens is 3. The van der Waals surface area contributed by atoms with Gasteiger partial charge in [-0.15, -0.1) is 0 Å². The first-order valence-corrected chi connectivity index (χ1v) is 6.77. The van der Waals surface area contributed by atoms with Crippen LogP contribution in [0.15, 0.2) is 18.3 Å². The second kappa shape index (κ2) is 6.32. The number of anilines is 1. The number of methoxy groups -OCH3 is 1. The number of rotatable bonds is 3. The Morgan fingerprint density at radius 2 is 1.95 bits per heavy atom. The molecule has 1 aromatic rings. The molecule has 1 heterocycles. The minimum absolute atomic E-state index is 0.0754. The van der Waals surface area contributed by atoms with E-state index in [0.717, 1.165) is 25.1 Å². The van der Waals surface area contributed by atoms with Crippen LogP contribution >= 0.6 is 0 Å². The normalized spacial score (nSPS) is 22.7. The van der Waals surface area contributed by atoms with Crippen LogP contribution in [0.1, 0.15) is 31.2 Å². The fourth-order valence-corrected chi connectivity index (χ4v) is 2.50. The molecule has 1 aromatic heterocycles. The maximum Gasteiger partial charge on any atom is 0.417 e. The molecule has 1 N–H and O–H groups in total. The molecule has 2 rings (SSSR count). The van der Waals surface area contributed by atoms with Crippen LogP contribution in [0, 0.1) is 5.92 Å². The lowest BCUT2D eigenvalue weighted by molar-refractivity contribution is -0.146. The molecule has 4 nitrogen and oxygen atoms in total. The van der Waals surface area contributed by atoms with Crippen molar-refractivity contribution in [2.75, 3.05) is 12.4 Å². The highest BCUT2D eigenvalue weighted by molar-refractivity contribution is 5.72. The molecule has 0 unspecified atom stereocenters. The monoisotopic (exact) mass is 302 g/mol. The minimum Gasteiger partial charge on any atom is -0.469 e. The largest absolute Gasteiger partial charge is 0.469 e. The van der Waals surface area contributed by atoms with Gasteiger partial charge >= 0.3 is 12.1 Å². The van der Waals surface area contributed by atoms with Gasteiger partial charge in [0.25, 0.3) is 0 Å². The van der Waals surface area contributed by atoms with Crippen molar-refractivity contribution in [2.45, 2.75) is 37.9 Å². The van der Waals surface area contributed by atoms with Gasteiger partial charge in [-0.25, -0.2) is 4.98 Å². The number of hydrogen-bond acceptors (Lipinski definition) is 4. The van der Waals surface area contributed by atoms with Gasteiger partial charge in [-0.2, -0.15) is 13.2 Å². The number of hydrogen-bond donors (Lipinski definition) is 1. The molecule has 0 saturated heterocycles. The Morgan fingerprint density at radius 1 is 1.29 bits per heavy atom. The number of alkyl halides is 3. The summed E-state index contributed by atoms with van der Waals surface area (Å²) >= 11 is 0. The van der Waals surface area contributed by atoms with Crippen LogP contribution in [0.4, 0.5) is 19.0 Å². The van der Waals surface area contributed by atoms with Crippen LogP contribution in [-0.4, -0.2) is 24.1 Å². The summed E-state index contributed by atoms with van der Waals surface area (Å²) in [4.78, 5) is 15.2. The molecule has 0 aliphatic heterocycles. The molecule has 0 aromatic carbocycles. The zero-order valence-electron chi connectivity index (χ0n) is 11.6. The number of nitrogens with one attached hydrogen (secondary N) is 1. The van der Waals surface area contributed by atoms with Gasteiger partial charge in [0.2, 0.25) is 0 Å². The SMILES string of the molecule is COC(=O)[C@H]1CC[C@H](Nc2ccc(C(F)(F)F)cn2)CC1. The predicted octanol–water partition coefficient (Wildman–Crippen LogP) is 3.24. The Morgan fingerprint density at radius 3 is 2.43 bits per heavy atom. The number of esters is 1. The molecule has 7 heteroatoms. The first-order valence-electron chi connectivity index (χ1n) is 6.77. The second-order valence-corrected chi connectivity index (χ2v) is 5.15. The van der Waals surface area contributed by atoms with Crippen LogP contribution in [-0.2, 0) is 15.7 Å². The van der Waals surface area contributed by atoms with E-state index in [1.165, 1.54) is 13.2 Å². The molecule has 0 atom stereocenters. The lowest BCUT2D eigenvalue weighted by Gasteiger charge is -2.27. The van der Waals surface area contributed by atoms with E-state index in [1.54, 1.807) is 0 Å². The third kappa shape index (κ3) is 4.09. The molecule has 1 fully saturated rings. The Balaban J connectivity index is 1.88. The summed E-state index contributed by atoms with van der Waals surface area (Å²) in [6.45, 7) is 0. The number of carbonyl (C=O) groups is 1. The van der Waals surface area contributed by atoms with Crippen molar-refractivity contribution in [2.24, 2.45) is 5.92 Å². The highest BCUT2D eigenvalue weighted by Gasteiger charge is 2.31. The number of aromatic nitrogens is 1. The van der Waals surface area contributed by atoms with Crippen LogP contribution in [0.3, 0.4) is 0 Å². The van der Waals surface area contributed by atoms with Gasteiger partial charge in [0.15, 0.2) is 0 Å². The first-order chi connectivity index (χ1) is 9.90. The van der Waals surface area contributed by atoms with E-state index in [4.69, 9.17) is 4.74 Å². The molecule has 0 amide bonds. The lowest BCUT2D eigenvalue weighted by atomic mass is 9.86. The fraction of sp³-hybridized carbons (Fsp3) is 0.571. The molecule has 1 aliphatic rings. The minimum atomic E-state index is -4.37. The highest BCUT2D eigenvalue weighted by atomic mass is 19.4. The molecule has 0 bridgehead atoms. The fourth-order valence-electron chi connectivity index (χ4n) is 2.50. The van der Waals surface area contributed by atoms with Crippen molar-refractivity contribution in [3.8, 4) is 0 Å². The summed E-state index contributed by atoms with van der Waals surface area (Å²) in [6, 6.07) is 2.46. The number of carbonyl (C=O) groups excluding carboxylic acids is 1. The first kappa shape index (κ1) is 15.6. The molecule has 0 spiro atoms. The van der Waals surface area contributed by atoms with E-state index in [-0.39, 0.29) is 17.9 Å². The van der Waals surface area contributed by atoms with E-state index >= 15 is 0 Å². The summed E-state index contributed by atoms with van der Waals surface area (Å²) in [5, 5.41) is 3.11. The Hall–Kier alpha value is -1.79. The van der Waals surface area contributed by atoms with Gasteiger partial charge in [0.1, 0.15) is 5.82 Å². The molecule has 0 radical (unpaired) electrons. The maximum atomic E-state index is 12.4. The number of pyridine rings is 1. The average Bonchev–Trinajstić information content (AvgIpc) is 2.47. The Labute approximate surface area is 120 Å². The summed E-state index contributed by atoms with van der Waals surface area (Å²) in [5.74, 6) is 0.152. The molecular weight excluding hydrogens is 285 g/mol. The standard InChI is InChI=1S/C14H17F3N2O2/c1-21-13(20)9-2-5-11(6-3-9)19-12-7-4-10(8-18-12)14(15,16)17/h4,7-9,11H,2-3,5-6H2,1H3,(H,18,19)/t9-,11-. The van der Waals surface area contributed by atoms with E-state index in [9.17, 15) is 18.0 Å². The zero-order chi connectivity index (χ0) is 15.5. The van der Waals surface area contributed by atoms with E-state index in [0.29, 0.717) is 18.7 Å². The van der Waals surface area contributed by atoms with Crippen LogP contribution in [0.5, 0.6) is 0 Å². The Bertz CT molecular complexity index is 480. The predicted molar refractivity (Wildman–Crippen MR) is 70.6 cm³/mol. The zero-order valence-corrected chi connectivity index (χ0v) is 11.6. The number of nitrogens with zero attached hydrogens (tertiary/aromatic N) is 1. The maximum absolute atomic E-state index is 12.4. The van der Waals surface area contributed by atoms with Crippen LogP contribution in [0.25, 0.3) is 0 Å². The van der Waals surface area contributed by atoms with E-state index < -0.39 is 11.7 Å². The molecule has 21 heavy (non-hydrogen) atoms. The van der Waals surface area contributed by atoms with Crippen molar-refractivity contribution in [3.05, 3.63) is 23.9 Å². The lowest BCUT2D eigenvalue weighted by Crippen LogP contribution is -2.30. The van der Waals surface area contributed by atoms with E-state index in [2.05, 4.69) is 10.3 Å². The van der Waals surface area contributed by atoms with E-state index in [1.807, 2.05) is 0 Å². The van der Waals surface area contributed by atoms with Gasteiger partial charge in [0, 0.05) is 12.2 Å². The van der Waals surface area contributed by atoms with Crippen molar-refractivity contribution >= 4 is 11.8 Å². The quantitative estimate of drug-likeness (QED) is 0.871. The molecule has 1 saturated carbocycles. The topological polar surface area (TPSA) is 51.2 Å². The van der Waals surface area contributed by atoms with Gasteiger partial charge < -0.3 is 10.1 Å². The van der Waals surface area contributed by atoms with Crippen LogP contribution < -0.4 is 5.32 Å². The van der Waals surface area contributed by atoms with Gasteiger partial charge in [0.05, 0.1) is 18.6 Å². The summed E-state index contributed by atoms with van der Waals surface area (Å²) in [6.07, 6.45) is -0.590. The number of ether oxygens (including phenoxy) is 1. The van der Waals surface area contributed by atoms with Gasteiger partial charge in [-0.05, 0) is 37.8 Å². The van der Waals surface area contributed by atoms with Crippen molar-refractivity contribution < 1.29 is 22.7 Å². The highest BCUT2D eigenvalue weighted by Crippen LogP contribution is 2.30. The third-order valence-corrected chi connectivity index (χ3v) is 3.70. The third-order valence-electron chi connectivity index (χ3n) is 3.70. The summed E-state index contributed by atoms with van der Waals surface area (Å²) < 4.78 is 42.0. The second-order valence-electron chi connectivity index (χ2n) is 5.15. The summed E-state index contributed by atoms with van der Waals surface area (Å²) in [5.41, 5.74) is -0.762. The molecular formula is C14H17F3N2O2. The molecule has 116 valence electrons. The molecule has 1 aliphatic carbocycles. The van der Waals surface area contributed by atoms with Gasteiger partial charge in [-0.1, -0.05) is 0 Å². The van der Waals surface area contributed by atoms with Crippen molar-refractivity contribution in [1.29, 1.82) is 0 Å². The van der Waals surface area contributed by atoms with Crippen molar-refractivity contribution in [1.82, 2.24) is 4.98 Å². The van der Waals surface area contributed by atoms with Crippen molar-refractivity contribution in [3.63, 3.8) is 0 Å². The Kier molecular flexibility index (Phi) is 4.69. The summed E-state index contributed by atoms with van der Waals surface area (Å²) in [7, 11) is 1.37. The van der Waals surface area contributed by atoms with Gasteiger partial charge in [-0.3, -0.25) is 4.79 Å². The van der Waals surface area contributed by atoms with Crippen LogP contribution in [0.2, 0.25) is 0 Å². The smallest absolute Gasteiger partial charge is 0.417 e. The average molecular weight is 302 g/mol.